The second-order valence-electron chi connectivity index (χ2n) is 4.99. The minimum atomic E-state index is -0.284. The number of aryl methyl sites for hydroxylation is 2. The minimum Gasteiger partial charge on any atom is -0.321 e. The molecule has 17 heavy (non-hydrogen) atoms. The van der Waals surface area contributed by atoms with Crippen LogP contribution >= 0.6 is 0 Å². The van der Waals surface area contributed by atoms with E-state index in [-0.39, 0.29) is 11.8 Å². The molecule has 0 bridgehead atoms. The van der Waals surface area contributed by atoms with Crippen LogP contribution in [0.1, 0.15) is 42.9 Å². The van der Waals surface area contributed by atoms with Crippen molar-refractivity contribution in [3.8, 4) is 0 Å². The lowest BCUT2D eigenvalue weighted by molar-refractivity contribution is -0.119. The molecule has 0 heterocycles. The molecule has 2 rings (SSSR count). The Kier molecular flexibility index (Phi) is 3.95. The second-order valence-corrected chi connectivity index (χ2v) is 4.99. The molecule has 1 aromatic rings. The van der Waals surface area contributed by atoms with Crippen molar-refractivity contribution in [2.45, 2.75) is 51.5 Å². The van der Waals surface area contributed by atoms with Gasteiger partial charge in [0.25, 0.3) is 0 Å². The highest BCUT2D eigenvalue weighted by Crippen LogP contribution is 2.23. The van der Waals surface area contributed by atoms with Gasteiger partial charge in [-0.05, 0) is 42.4 Å². The summed E-state index contributed by atoms with van der Waals surface area (Å²) in [5.74, 6) is 0.171. The first-order valence-corrected chi connectivity index (χ1v) is 6.59. The summed E-state index contributed by atoms with van der Waals surface area (Å²) >= 11 is 0. The number of hydrogen-bond donors (Lipinski definition) is 1. The topological polar surface area (TPSA) is 43.1 Å². The van der Waals surface area contributed by atoms with E-state index in [2.05, 4.69) is 25.1 Å². The third-order valence-electron chi connectivity index (χ3n) is 3.55. The van der Waals surface area contributed by atoms with Crippen LogP contribution < -0.4 is 5.73 Å². The van der Waals surface area contributed by atoms with Gasteiger partial charge in [-0.25, -0.2) is 0 Å². The van der Waals surface area contributed by atoms with Crippen molar-refractivity contribution in [1.29, 1.82) is 0 Å². The molecule has 1 aromatic carbocycles. The summed E-state index contributed by atoms with van der Waals surface area (Å²) in [5, 5.41) is 0. The Bertz CT molecular complexity index is 411. The number of fused-ring (bicyclic) bond motifs is 1. The van der Waals surface area contributed by atoms with E-state index in [1.165, 1.54) is 30.4 Å². The fraction of sp³-hybridized carbons (Fsp3) is 0.533. The lowest BCUT2D eigenvalue weighted by atomic mass is 9.98. The van der Waals surface area contributed by atoms with Gasteiger partial charge < -0.3 is 5.73 Å². The molecule has 92 valence electrons. The van der Waals surface area contributed by atoms with E-state index in [0.717, 1.165) is 18.4 Å². The number of benzene rings is 1. The van der Waals surface area contributed by atoms with Gasteiger partial charge >= 0.3 is 0 Å². The standard InChI is InChI=1S/C15H21NO/c1-2-4-14(16)15(17)10-11-7-8-12-5-3-6-13(12)9-11/h7-9,14H,2-6,10,16H2,1H3. The quantitative estimate of drug-likeness (QED) is 0.845. The molecule has 1 aliphatic carbocycles. The predicted octanol–water partition coefficient (Wildman–Crippen LogP) is 2.41. The predicted molar refractivity (Wildman–Crippen MR) is 70.1 cm³/mol. The van der Waals surface area contributed by atoms with Crippen molar-refractivity contribution < 1.29 is 4.79 Å². The van der Waals surface area contributed by atoms with E-state index in [1.54, 1.807) is 0 Å². The summed E-state index contributed by atoms with van der Waals surface area (Å²) in [5.41, 5.74) is 9.85. The Labute approximate surface area is 103 Å². The molecular weight excluding hydrogens is 210 g/mol. The number of ketones is 1. The molecular formula is C15H21NO. The fourth-order valence-electron chi connectivity index (χ4n) is 2.54. The van der Waals surface area contributed by atoms with Crippen molar-refractivity contribution in [2.24, 2.45) is 5.73 Å². The molecule has 1 unspecified atom stereocenters. The van der Waals surface area contributed by atoms with Gasteiger partial charge in [-0.2, -0.15) is 0 Å². The van der Waals surface area contributed by atoms with Crippen molar-refractivity contribution in [2.75, 3.05) is 0 Å². The minimum absolute atomic E-state index is 0.171. The van der Waals surface area contributed by atoms with Crippen LogP contribution in [0.4, 0.5) is 0 Å². The first kappa shape index (κ1) is 12.3. The largest absolute Gasteiger partial charge is 0.321 e. The second kappa shape index (κ2) is 5.46. The van der Waals surface area contributed by atoms with E-state index in [9.17, 15) is 4.79 Å². The maximum atomic E-state index is 11.9. The maximum absolute atomic E-state index is 11.9. The van der Waals surface area contributed by atoms with Crippen LogP contribution in [-0.2, 0) is 24.1 Å². The lowest BCUT2D eigenvalue weighted by Crippen LogP contribution is -2.31. The van der Waals surface area contributed by atoms with Crippen LogP contribution in [0.5, 0.6) is 0 Å². The lowest BCUT2D eigenvalue weighted by Gasteiger charge is -2.10. The first-order valence-electron chi connectivity index (χ1n) is 6.59. The average Bonchev–Trinajstić information content (AvgIpc) is 2.76. The summed E-state index contributed by atoms with van der Waals surface area (Å²) < 4.78 is 0. The van der Waals surface area contributed by atoms with Gasteiger partial charge in [-0.15, -0.1) is 0 Å². The molecule has 0 amide bonds. The molecule has 0 saturated heterocycles. The zero-order valence-electron chi connectivity index (χ0n) is 10.5. The summed E-state index contributed by atoms with van der Waals surface area (Å²) in [6.07, 6.45) is 5.87. The van der Waals surface area contributed by atoms with E-state index >= 15 is 0 Å². The molecule has 0 fully saturated rings. The van der Waals surface area contributed by atoms with Crippen LogP contribution in [0, 0.1) is 0 Å². The van der Waals surface area contributed by atoms with Crippen molar-refractivity contribution in [3.63, 3.8) is 0 Å². The van der Waals surface area contributed by atoms with E-state index in [1.807, 2.05) is 0 Å². The zero-order valence-corrected chi connectivity index (χ0v) is 10.5. The Morgan fingerprint density at radius 1 is 1.35 bits per heavy atom. The van der Waals surface area contributed by atoms with Gasteiger partial charge in [-0.3, -0.25) is 4.79 Å². The van der Waals surface area contributed by atoms with Crippen molar-refractivity contribution >= 4 is 5.78 Å². The normalized spacial score (nSPS) is 15.6. The number of nitrogens with two attached hydrogens (primary N) is 1. The van der Waals surface area contributed by atoms with Crippen molar-refractivity contribution in [3.05, 3.63) is 34.9 Å². The fourth-order valence-corrected chi connectivity index (χ4v) is 2.54. The molecule has 1 aliphatic rings. The van der Waals surface area contributed by atoms with Gasteiger partial charge in [0, 0.05) is 6.42 Å². The summed E-state index contributed by atoms with van der Waals surface area (Å²) in [7, 11) is 0. The van der Waals surface area contributed by atoms with Gasteiger partial charge in [0.15, 0.2) is 5.78 Å². The van der Waals surface area contributed by atoms with Gasteiger partial charge in [0.2, 0.25) is 0 Å². The molecule has 2 nitrogen and oxygen atoms in total. The molecule has 0 spiro atoms. The third-order valence-corrected chi connectivity index (χ3v) is 3.55. The van der Waals surface area contributed by atoms with E-state index in [0.29, 0.717) is 6.42 Å². The molecule has 0 radical (unpaired) electrons. The van der Waals surface area contributed by atoms with E-state index in [4.69, 9.17) is 5.73 Å². The van der Waals surface area contributed by atoms with E-state index < -0.39 is 0 Å². The number of hydrogen-bond acceptors (Lipinski definition) is 2. The van der Waals surface area contributed by atoms with Crippen molar-refractivity contribution in [1.82, 2.24) is 0 Å². The van der Waals surface area contributed by atoms with Crippen LogP contribution in [0.25, 0.3) is 0 Å². The molecule has 0 saturated carbocycles. The molecule has 2 N–H and O–H groups in total. The van der Waals surface area contributed by atoms with Crippen LogP contribution in [0.3, 0.4) is 0 Å². The highest BCUT2D eigenvalue weighted by atomic mass is 16.1. The third kappa shape index (κ3) is 2.95. The summed E-state index contributed by atoms with van der Waals surface area (Å²) in [6, 6.07) is 6.17. The van der Waals surface area contributed by atoms with Crippen LogP contribution in [0.2, 0.25) is 0 Å². The monoisotopic (exact) mass is 231 g/mol. The number of Topliss-reactive ketones (excluding diaryl/α,β-unsaturated/α-hetero) is 1. The average molecular weight is 231 g/mol. The zero-order chi connectivity index (χ0) is 12.3. The Morgan fingerprint density at radius 3 is 2.88 bits per heavy atom. The van der Waals surface area contributed by atoms with Gasteiger partial charge in [-0.1, -0.05) is 31.5 Å². The SMILES string of the molecule is CCCC(N)C(=O)Cc1ccc2c(c1)CCC2. The van der Waals surface area contributed by atoms with Crippen LogP contribution in [-0.4, -0.2) is 11.8 Å². The number of rotatable bonds is 5. The molecule has 2 heteroatoms. The van der Waals surface area contributed by atoms with Gasteiger partial charge in [0.1, 0.15) is 0 Å². The Balaban J connectivity index is 2.01. The highest BCUT2D eigenvalue weighted by Gasteiger charge is 2.15. The Morgan fingerprint density at radius 2 is 2.12 bits per heavy atom. The number of carbonyl (C=O) groups excluding carboxylic acids is 1. The molecule has 0 aliphatic heterocycles. The summed E-state index contributed by atoms with van der Waals surface area (Å²) in [6.45, 7) is 2.06. The first-order chi connectivity index (χ1) is 8.20. The van der Waals surface area contributed by atoms with Gasteiger partial charge in [0.05, 0.1) is 6.04 Å². The maximum Gasteiger partial charge on any atom is 0.153 e. The smallest absolute Gasteiger partial charge is 0.153 e. The van der Waals surface area contributed by atoms with Crippen LogP contribution in [0.15, 0.2) is 18.2 Å². The highest BCUT2D eigenvalue weighted by molar-refractivity contribution is 5.85. The molecule has 1 atom stereocenters. The summed E-state index contributed by atoms with van der Waals surface area (Å²) in [4.78, 5) is 11.9. The number of carbonyl (C=O) groups is 1. The Hall–Kier alpha value is -1.15. The molecule has 0 aromatic heterocycles.